The monoisotopic (exact) mass is 264 g/mol. The third-order valence-electron chi connectivity index (χ3n) is 3.74. The van der Waals surface area contributed by atoms with Crippen molar-refractivity contribution in [1.29, 1.82) is 0 Å². The number of nitrogens with two attached hydrogens (primary N) is 1. The molecule has 0 aromatic carbocycles. The average Bonchev–Trinajstić information content (AvgIpc) is 2.40. The highest BCUT2D eigenvalue weighted by molar-refractivity contribution is 7.80. The lowest BCUT2D eigenvalue weighted by Crippen LogP contribution is -2.33. The minimum atomic E-state index is 0.372. The maximum absolute atomic E-state index is 5.71. The fourth-order valence-electron chi connectivity index (χ4n) is 2.70. The van der Waals surface area contributed by atoms with Crippen LogP contribution in [0.15, 0.2) is 12.3 Å². The fourth-order valence-corrected chi connectivity index (χ4v) is 2.86. The van der Waals surface area contributed by atoms with Crippen molar-refractivity contribution in [2.24, 2.45) is 11.7 Å². The summed E-state index contributed by atoms with van der Waals surface area (Å²) >= 11 is 5.05. The van der Waals surface area contributed by atoms with E-state index in [1.54, 1.807) is 6.20 Å². The van der Waals surface area contributed by atoms with Gasteiger partial charge in [0.1, 0.15) is 4.99 Å². The smallest absolute Gasteiger partial charge is 0.159 e. The molecule has 1 aliphatic rings. The summed E-state index contributed by atoms with van der Waals surface area (Å²) in [4.78, 5) is 0.372. The van der Waals surface area contributed by atoms with E-state index in [0.717, 1.165) is 11.4 Å². The van der Waals surface area contributed by atoms with Gasteiger partial charge in [-0.1, -0.05) is 38.4 Å². The van der Waals surface area contributed by atoms with E-state index in [0.29, 0.717) is 16.9 Å². The molecule has 0 bridgehead atoms. The van der Waals surface area contributed by atoms with Crippen molar-refractivity contribution in [3.8, 4) is 0 Å². The Morgan fingerprint density at radius 1 is 1.50 bits per heavy atom. The van der Waals surface area contributed by atoms with Gasteiger partial charge in [-0.05, 0) is 24.8 Å². The second-order valence-electron chi connectivity index (χ2n) is 4.86. The van der Waals surface area contributed by atoms with Crippen molar-refractivity contribution in [2.75, 3.05) is 5.32 Å². The SMILES string of the molecule is CCC1CCCCC1Nc1nnccc1C(N)=S. The number of hydrogen-bond donors (Lipinski definition) is 2. The summed E-state index contributed by atoms with van der Waals surface area (Å²) in [5, 5.41) is 11.5. The van der Waals surface area contributed by atoms with Gasteiger partial charge >= 0.3 is 0 Å². The van der Waals surface area contributed by atoms with E-state index in [1.807, 2.05) is 6.07 Å². The lowest BCUT2D eigenvalue weighted by molar-refractivity contribution is 0.316. The van der Waals surface area contributed by atoms with Crippen LogP contribution in [0.1, 0.15) is 44.6 Å². The number of aromatic nitrogens is 2. The molecule has 1 saturated carbocycles. The van der Waals surface area contributed by atoms with Crippen LogP contribution in [-0.2, 0) is 0 Å². The second kappa shape index (κ2) is 6.09. The summed E-state index contributed by atoms with van der Waals surface area (Å²) in [5.41, 5.74) is 6.50. The molecule has 0 aliphatic heterocycles. The maximum atomic E-state index is 5.71. The normalized spacial score (nSPS) is 23.6. The topological polar surface area (TPSA) is 63.8 Å². The predicted octanol–water partition coefficient (Wildman–Crippen LogP) is 2.49. The first-order chi connectivity index (χ1) is 8.72. The third-order valence-corrected chi connectivity index (χ3v) is 3.96. The molecular weight excluding hydrogens is 244 g/mol. The van der Waals surface area contributed by atoms with Crippen molar-refractivity contribution in [3.05, 3.63) is 17.8 Å². The Labute approximate surface area is 113 Å². The highest BCUT2D eigenvalue weighted by Crippen LogP contribution is 2.29. The third kappa shape index (κ3) is 2.96. The highest BCUT2D eigenvalue weighted by atomic mass is 32.1. The molecule has 1 aromatic rings. The van der Waals surface area contributed by atoms with Crippen molar-refractivity contribution >= 4 is 23.0 Å². The average molecular weight is 264 g/mol. The van der Waals surface area contributed by atoms with Crippen LogP contribution in [0.5, 0.6) is 0 Å². The molecule has 2 rings (SSSR count). The maximum Gasteiger partial charge on any atom is 0.159 e. The largest absolute Gasteiger partial charge is 0.389 e. The van der Waals surface area contributed by atoms with Crippen LogP contribution in [0.2, 0.25) is 0 Å². The van der Waals surface area contributed by atoms with Crippen LogP contribution in [-0.4, -0.2) is 21.2 Å². The molecule has 1 fully saturated rings. The van der Waals surface area contributed by atoms with Crippen LogP contribution < -0.4 is 11.1 Å². The van der Waals surface area contributed by atoms with Crippen LogP contribution in [0.4, 0.5) is 5.82 Å². The van der Waals surface area contributed by atoms with Crippen LogP contribution in [0.25, 0.3) is 0 Å². The van der Waals surface area contributed by atoms with E-state index < -0.39 is 0 Å². The quantitative estimate of drug-likeness (QED) is 0.818. The summed E-state index contributed by atoms with van der Waals surface area (Å²) in [7, 11) is 0. The van der Waals surface area contributed by atoms with Crippen LogP contribution >= 0.6 is 12.2 Å². The number of thiocarbonyl (C=S) groups is 1. The Balaban J connectivity index is 2.15. The molecule has 1 aromatic heterocycles. The van der Waals surface area contributed by atoms with Gasteiger partial charge in [0.25, 0.3) is 0 Å². The van der Waals surface area contributed by atoms with Gasteiger partial charge in [-0.3, -0.25) is 0 Å². The zero-order valence-electron chi connectivity index (χ0n) is 10.7. The summed E-state index contributed by atoms with van der Waals surface area (Å²) in [6.07, 6.45) is 7.90. The lowest BCUT2D eigenvalue weighted by atomic mass is 9.83. The van der Waals surface area contributed by atoms with E-state index in [9.17, 15) is 0 Å². The number of hydrogen-bond acceptors (Lipinski definition) is 4. The van der Waals surface area contributed by atoms with Gasteiger partial charge in [-0.25, -0.2) is 0 Å². The van der Waals surface area contributed by atoms with Gasteiger partial charge in [-0.2, -0.15) is 5.10 Å². The standard InChI is InChI=1S/C13H20N4S/c1-2-9-5-3-4-6-11(9)16-13-10(12(14)18)7-8-15-17-13/h7-9,11H,2-6H2,1H3,(H2,14,18)(H,16,17). The number of anilines is 1. The van der Waals surface area contributed by atoms with Gasteiger partial charge in [0.05, 0.1) is 11.8 Å². The van der Waals surface area contributed by atoms with Gasteiger partial charge in [0.2, 0.25) is 0 Å². The van der Waals surface area contributed by atoms with E-state index >= 15 is 0 Å². The van der Waals surface area contributed by atoms with Crippen LogP contribution in [0, 0.1) is 5.92 Å². The van der Waals surface area contributed by atoms with Crippen molar-refractivity contribution < 1.29 is 0 Å². The first-order valence-corrected chi connectivity index (χ1v) is 7.01. The molecule has 2 atom stereocenters. The van der Waals surface area contributed by atoms with Gasteiger partial charge < -0.3 is 11.1 Å². The molecule has 2 unspecified atom stereocenters. The van der Waals surface area contributed by atoms with Crippen LogP contribution in [0.3, 0.4) is 0 Å². The Morgan fingerprint density at radius 3 is 3.00 bits per heavy atom. The molecule has 18 heavy (non-hydrogen) atoms. The minimum absolute atomic E-state index is 0.372. The molecule has 0 amide bonds. The lowest BCUT2D eigenvalue weighted by Gasteiger charge is -2.32. The molecular formula is C13H20N4S. The van der Waals surface area contributed by atoms with Gasteiger partial charge in [0, 0.05) is 6.04 Å². The molecule has 1 aliphatic carbocycles. The second-order valence-corrected chi connectivity index (χ2v) is 5.30. The molecule has 0 spiro atoms. The molecule has 4 nitrogen and oxygen atoms in total. The summed E-state index contributed by atoms with van der Waals surface area (Å²) in [6.45, 7) is 2.25. The molecule has 5 heteroatoms. The Morgan fingerprint density at radius 2 is 2.28 bits per heavy atom. The molecule has 98 valence electrons. The Hall–Kier alpha value is -1.23. The summed E-state index contributed by atoms with van der Waals surface area (Å²) in [6, 6.07) is 2.29. The van der Waals surface area contributed by atoms with E-state index in [2.05, 4.69) is 22.4 Å². The van der Waals surface area contributed by atoms with E-state index in [1.165, 1.54) is 32.1 Å². The highest BCUT2D eigenvalue weighted by Gasteiger charge is 2.24. The van der Waals surface area contributed by atoms with Crippen molar-refractivity contribution in [1.82, 2.24) is 10.2 Å². The van der Waals surface area contributed by atoms with Crippen molar-refractivity contribution in [2.45, 2.75) is 45.1 Å². The molecule has 1 heterocycles. The molecule has 0 saturated heterocycles. The Kier molecular flexibility index (Phi) is 4.47. The van der Waals surface area contributed by atoms with E-state index in [-0.39, 0.29) is 0 Å². The molecule has 3 N–H and O–H groups in total. The number of rotatable bonds is 4. The minimum Gasteiger partial charge on any atom is -0.389 e. The zero-order chi connectivity index (χ0) is 13.0. The fraction of sp³-hybridized carbons (Fsp3) is 0.615. The van der Waals surface area contributed by atoms with Gasteiger partial charge in [0.15, 0.2) is 5.82 Å². The first-order valence-electron chi connectivity index (χ1n) is 6.60. The first kappa shape index (κ1) is 13.2. The predicted molar refractivity (Wildman–Crippen MR) is 77.6 cm³/mol. The number of nitrogens with zero attached hydrogens (tertiary/aromatic N) is 2. The summed E-state index contributed by atoms with van der Waals surface area (Å²) in [5.74, 6) is 1.44. The van der Waals surface area contributed by atoms with E-state index in [4.69, 9.17) is 18.0 Å². The molecule has 0 radical (unpaired) electrons. The van der Waals surface area contributed by atoms with Gasteiger partial charge in [-0.15, -0.1) is 5.10 Å². The summed E-state index contributed by atoms with van der Waals surface area (Å²) < 4.78 is 0. The van der Waals surface area contributed by atoms with Crippen molar-refractivity contribution in [3.63, 3.8) is 0 Å². The zero-order valence-corrected chi connectivity index (χ0v) is 11.5. The number of nitrogens with one attached hydrogen (secondary N) is 1. The Bertz CT molecular complexity index is 421.